The lowest BCUT2D eigenvalue weighted by molar-refractivity contribution is 0.0953. The summed E-state index contributed by atoms with van der Waals surface area (Å²) in [6, 6.07) is 5.59. The number of hydrazone groups is 1. The molecule has 4 nitrogen and oxygen atoms in total. The Labute approximate surface area is 103 Å². The molecule has 0 aliphatic carbocycles. The van der Waals surface area contributed by atoms with Crippen LogP contribution in [0.3, 0.4) is 0 Å². The van der Waals surface area contributed by atoms with Crippen molar-refractivity contribution in [3.05, 3.63) is 45.5 Å². The number of nitrogens with zero attached hydrogens (tertiary/aromatic N) is 1. The van der Waals surface area contributed by atoms with Crippen LogP contribution < -0.4 is 5.43 Å². The van der Waals surface area contributed by atoms with Crippen molar-refractivity contribution in [1.82, 2.24) is 5.43 Å². The minimum Gasteiger partial charge on any atom is -0.469 e. The first-order chi connectivity index (χ1) is 8.16. The van der Waals surface area contributed by atoms with Crippen molar-refractivity contribution >= 4 is 23.5 Å². The molecule has 0 radical (unpaired) electrons. The normalized spacial score (nSPS) is 10.9. The van der Waals surface area contributed by atoms with Crippen molar-refractivity contribution in [1.29, 1.82) is 0 Å². The van der Waals surface area contributed by atoms with Crippen LogP contribution in [-0.4, -0.2) is 12.1 Å². The van der Waals surface area contributed by atoms with Gasteiger partial charge in [-0.2, -0.15) is 5.10 Å². The van der Waals surface area contributed by atoms with Crippen LogP contribution in [0.15, 0.2) is 34.0 Å². The van der Waals surface area contributed by atoms with Crippen LogP contribution in [0.4, 0.5) is 0 Å². The summed E-state index contributed by atoms with van der Waals surface area (Å²) in [4.78, 5) is 13.9. The molecule has 0 aliphatic heterocycles. The number of carbonyl (C=O) groups excluding carboxylic acids is 1. The van der Waals surface area contributed by atoms with E-state index in [0.717, 1.165) is 4.88 Å². The number of furan rings is 1. The second-order valence-electron chi connectivity index (χ2n) is 3.54. The highest BCUT2D eigenvalue weighted by Crippen LogP contribution is 2.12. The van der Waals surface area contributed by atoms with E-state index in [-0.39, 0.29) is 5.91 Å². The number of hydrogen-bond acceptors (Lipinski definition) is 4. The molecule has 2 aromatic rings. The lowest BCUT2D eigenvalue weighted by atomic mass is 10.2. The van der Waals surface area contributed by atoms with E-state index in [1.165, 1.54) is 11.1 Å². The van der Waals surface area contributed by atoms with E-state index in [1.54, 1.807) is 30.5 Å². The van der Waals surface area contributed by atoms with Gasteiger partial charge in [0.25, 0.3) is 5.91 Å². The van der Waals surface area contributed by atoms with Crippen molar-refractivity contribution < 1.29 is 9.21 Å². The van der Waals surface area contributed by atoms with Gasteiger partial charge < -0.3 is 4.42 Å². The minimum atomic E-state index is -0.263. The molecular formula is C12H12N2O2S. The fourth-order valence-corrected chi connectivity index (χ4v) is 2.11. The molecule has 5 heteroatoms. The smallest absolute Gasteiger partial charge is 0.274 e. The van der Waals surface area contributed by atoms with Crippen LogP contribution in [0.25, 0.3) is 0 Å². The first kappa shape index (κ1) is 11.6. The van der Waals surface area contributed by atoms with E-state index in [9.17, 15) is 4.79 Å². The number of hydrogen-bond donors (Lipinski definition) is 1. The van der Waals surface area contributed by atoms with Gasteiger partial charge in [-0.15, -0.1) is 11.3 Å². The Kier molecular flexibility index (Phi) is 3.39. The number of thiophene rings is 1. The van der Waals surface area contributed by atoms with E-state index < -0.39 is 0 Å². The monoisotopic (exact) mass is 248 g/mol. The van der Waals surface area contributed by atoms with Crippen molar-refractivity contribution in [3.63, 3.8) is 0 Å². The van der Waals surface area contributed by atoms with Crippen LogP contribution in [-0.2, 0) is 0 Å². The van der Waals surface area contributed by atoms with Gasteiger partial charge in [0.1, 0.15) is 5.76 Å². The lowest BCUT2D eigenvalue weighted by Gasteiger charge is -1.96. The first-order valence-corrected chi connectivity index (χ1v) is 5.92. The SMILES string of the molecule is Cc1ccc(/C=N/NC(=O)c2ccoc2C)s1. The highest BCUT2D eigenvalue weighted by Gasteiger charge is 2.09. The van der Waals surface area contributed by atoms with Gasteiger partial charge in [-0.3, -0.25) is 4.79 Å². The van der Waals surface area contributed by atoms with Gasteiger partial charge in [0.2, 0.25) is 0 Å². The van der Waals surface area contributed by atoms with E-state index in [1.807, 2.05) is 19.1 Å². The van der Waals surface area contributed by atoms with E-state index >= 15 is 0 Å². The van der Waals surface area contributed by atoms with Gasteiger partial charge in [-0.05, 0) is 32.0 Å². The summed E-state index contributed by atoms with van der Waals surface area (Å²) < 4.78 is 5.04. The molecule has 0 saturated heterocycles. The lowest BCUT2D eigenvalue weighted by Crippen LogP contribution is -2.17. The van der Waals surface area contributed by atoms with Crippen molar-refractivity contribution in [3.8, 4) is 0 Å². The third kappa shape index (κ3) is 2.82. The van der Waals surface area contributed by atoms with Gasteiger partial charge in [0.05, 0.1) is 18.0 Å². The summed E-state index contributed by atoms with van der Waals surface area (Å²) in [5.74, 6) is 0.324. The van der Waals surface area contributed by atoms with Gasteiger partial charge in [-0.25, -0.2) is 5.43 Å². The highest BCUT2D eigenvalue weighted by molar-refractivity contribution is 7.13. The average molecular weight is 248 g/mol. The Morgan fingerprint density at radius 1 is 1.41 bits per heavy atom. The molecule has 1 N–H and O–H groups in total. The third-order valence-corrected chi connectivity index (χ3v) is 3.16. The maximum Gasteiger partial charge on any atom is 0.274 e. The van der Waals surface area contributed by atoms with Gasteiger partial charge in [0.15, 0.2) is 0 Å². The summed E-state index contributed by atoms with van der Waals surface area (Å²) in [5, 5.41) is 3.90. The van der Waals surface area contributed by atoms with Gasteiger partial charge in [0, 0.05) is 9.75 Å². The largest absolute Gasteiger partial charge is 0.469 e. The van der Waals surface area contributed by atoms with Crippen molar-refractivity contribution in [2.24, 2.45) is 5.10 Å². The zero-order chi connectivity index (χ0) is 12.3. The summed E-state index contributed by atoms with van der Waals surface area (Å²) in [6.45, 7) is 3.76. The van der Waals surface area contributed by atoms with E-state index in [4.69, 9.17) is 4.42 Å². The molecule has 0 fully saturated rings. The Morgan fingerprint density at radius 3 is 2.82 bits per heavy atom. The van der Waals surface area contributed by atoms with Crippen LogP contribution in [0.5, 0.6) is 0 Å². The van der Waals surface area contributed by atoms with Crippen LogP contribution >= 0.6 is 11.3 Å². The average Bonchev–Trinajstić information content (AvgIpc) is 2.87. The Morgan fingerprint density at radius 2 is 2.24 bits per heavy atom. The molecule has 2 heterocycles. The highest BCUT2D eigenvalue weighted by atomic mass is 32.1. The first-order valence-electron chi connectivity index (χ1n) is 5.11. The standard InChI is InChI=1S/C12H12N2O2S/c1-8-3-4-10(17-8)7-13-14-12(15)11-5-6-16-9(11)2/h3-7H,1-2H3,(H,14,15)/b13-7+. The molecule has 0 unspecified atom stereocenters. The van der Waals surface area contributed by atoms with Gasteiger partial charge in [-0.1, -0.05) is 0 Å². The predicted octanol–water partition coefficient (Wildman–Crippen LogP) is 2.72. The summed E-state index contributed by atoms with van der Waals surface area (Å²) >= 11 is 1.62. The van der Waals surface area contributed by atoms with Crippen molar-refractivity contribution in [2.45, 2.75) is 13.8 Å². The van der Waals surface area contributed by atoms with Gasteiger partial charge >= 0.3 is 0 Å². The minimum absolute atomic E-state index is 0.263. The predicted molar refractivity (Wildman–Crippen MR) is 67.6 cm³/mol. The summed E-state index contributed by atoms with van der Waals surface area (Å²) in [5.41, 5.74) is 2.96. The molecule has 2 aromatic heterocycles. The maximum atomic E-state index is 11.6. The van der Waals surface area contributed by atoms with Crippen molar-refractivity contribution in [2.75, 3.05) is 0 Å². The van der Waals surface area contributed by atoms with Crippen LogP contribution in [0.2, 0.25) is 0 Å². The van der Waals surface area contributed by atoms with E-state index in [2.05, 4.69) is 10.5 Å². The van der Waals surface area contributed by atoms with Crippen LogP contribution in [0.1, 0.15) is 25.9 Å². The molecule has 17 heavy (non-hydrogen) atoms. The molecule has 0 aromatic carbocycles. The molecule has 1 amide bonds. The topological polar surface area (TPSA) is 54.6 Å². The molecule has 0 saturated carbocycles. The number of rotatable bonds is 3. The zero-order valence-electron chi connectivity index (χ0n) is 9.56. The number of nitrogens with one attached hydrogen (secondary N) is 1. The summed E-state index contributed by atoms with van der Waals surface area (Å²) in [6.07, 6.45) is 3.11. The fourth-order valence-electron chi connectivity index (χ4n) is 1.36. The fraction of sp³-hybridized carbons (Fsp3) is 0.167. The second kappa shape index (κ2) is 4.97. The molecule has 0 atom stereocenters. The Hall–Kier alpha value is -1.88. The molecule has 0 bridgehead atoms. The maximum absolute atomic E-state index is 11.6. The number of carbonyl (C=O) groups is 1. The van der Waals surface area contributed by atoms with E-state index in [0.29, 0.717) is 11.3 Å². The zero-order valence-corrected chi connectivity index (χ0v) is 10.4. The summed E-state index contributed by atoms with van der Waals surface area (Å²) in [7, 11) is 0. The Balaban J connectivity index is 1.97. The number of aryl methyl sites for hydroxylation is 2. The Bertz CT molecular complexity index is 554. The molecule has 0 aliphatic rings. The molecule has 88 valence electrons. The molecular weight excluding hydrogens is 236 g/mol. The number of amides is 1. The molecule has 0 spiro atoms. The third-order valence-electron chi connectivity index (χ3n) is 2.22. The quantitative estimate of drug-likeness (QED) is 0.670. The molecule has 2 rings (SSSR count). The second-order valence-corrected chi connectivity index (χ2v) is 4.86. The van der Waals surface area contributed by atoms with Crippen LogP contribution in [0, 0.1) is 13.8 Å².